The van der Waals surface area contributed by atoms with Gasteiger partial charge < -0.3 is 9.59 Å². The van der Waals surface area contributed by atoms with Crippen molar-refractivity contribution >= 4 is 16.6 Å². The molecule has 0 saturated carbocycles. The van der Waals surface area contributed by atoms with Gasteiger partial charge >= 0.3 is 23.7 Å². The zero-order valence-electron chi connectivity index (χ0n) is 8.80. The molecule has 0 fully saturated rings. The molecule has 0 aliphatic carbocycles. The fraction of sp³-hybridized carbons (Fsp3) is 1.00. The molecule has 0 radical (unpaired) electrons. The number of hydrogen-bond acceptors (Lipinski definition) is 3. The second-order valence-corrected chi connectivity index (χ2v) is 13.0. The molecule has 0 aromatic rings. The van der Waals surface area contributed by atoms with Crippen molar-refractivity contribution in [3.63, 3.8) is 0 Å². The molecular weight excluding hydrogens is 224 g/mol. The van der Waals surface area contributed by atoms with E-state index in [2.05, 4.69) is 0 Å². The van der Waals surface area contributed by atoms with Gasteiger partial charge in [0.25, 0.3) is 0 Å². The molecule has 0 rings (SSSR count). The quantitative estimate of drug-likeness (QED) is 0.635. The summed E-state index contributed by atoms with van der Waals surface area (Å²) < 4.78 is 8.25. The summed E-state index contributed by atoms with van der Waals surface area (Å²) in [7, 11) is -3.22. The number of hydrogen-bond donors (Lipinski definition) is 2. The van der Waals surface area contributed by atoms with Crippen LogP contribution in [0.4, 0.5) is 0 Å². The van der Waals surface area contributed by atoms with Crippen molar-refractivity contribution < 1.29 is 33.3 Å². The zero-order valence-corrected chi connectivity index (χ0v) is 12.4. The van der Waals surface area contributed by atoms with Crippen molar-refractivity contribution in [3.05, 3.63) is 0 Å². The van der Waals surface area contributed by atoms with Crippen LogP contribution in [-0.2, 0) is 23.7 Å². The third kappa shape index (κ3) is 1400. The van der Waals surface area contributed by atoms with E-state index < -0.39 is 16.6 Å². The van der Waals surface area contributed by atoms with Crippen LogP contribution in [0.5, 0.6) is 0 Å². The van der Waals surface area contributed by atoms with Crippen LogP contribution in [0.15, 0.2) is 0 Å². The predicted molar refractivity (Wildman–Crippen MR) is 51.8 cm³/mol. The molecule has 0 aliphatic rings. The van der Waals surface area contributed by atoms with Gasteiger partial charge in [-0.25, -0.2) is 0 Å². The first-order valence-electron chi connectivity index (χ1n) is 3.65. The Kier molecular flexibility index (Phi) is 13.1. The topological polar surface area (TPSA) is 57.5 Å². The van der Waals surface area contributed by atoms with Gasteiger partial charge in [0.1, 0.15) is 0 Å². The summed E-state index contributed by atoms with van der Waals surface area (Å²) in [6, 6.07) is 0. The average molecular weight is 244 g/mol. The van der Waals surface area contributed by atoms with E-state index in [0.717, 1.165) is 20.4 Å². The van der Waals surface area contributed by atoms with Gasteiger partial charge in [-0.3, -0.25) is 0 Å². The summed E-state index contributed by atoms with van der Waals surface area (Å²) in [5.74, 6) is 0. The molecule has 0 amide bonds. The normalized spacial score (nSPS) is 10.2. The molecule has 0 bridgehead atoms. The minimum atomic E-state index is -1.61. The standard InChI is InChI=1S/2C3H10OSi.O.Ti/c2*1-5(2,3)4;;/h2*4H,1-3H3;;. The molecule has 0 unspecified atom stereocenters. The maximum atomic E-state index is 8.66. The Labute approximate surface area is 89.2 Å². The Bertz CT molecular complexity index is 73.9. The Morgan fingerprint density at radius 1 is 0.750 bits per heavy atom. The molecular formula is C6H20O3Si2Ti. The van der Waals surface area contributed by atoms with Crippen LogP contribution in [0.3, 0.4) is 0 Å². The molecule has 0 atom stereocenters. The summed E-state index contributed by atoms with van der Waals surface area (Å²) in [5.41, 5.74) is 0. The Morgan fingerprint density at radius 2 is 0.750 bits per heavy atom. The second kappa shape index (κ2) is 8.47. The third-order valence-corrected chi connectivity index (χ3v) is 0. The molecule has 0 aromatic heterocycles. The van der Waals surface area contributed by atoms with Crippen LogP contribution >= 0.6 is 0 Å². The second-order valence-electron chi connectivity index (χ2n) is 4.34. The third-order valence-electron chi connectivity index (χ3n) is 0. The van der Waals surface area contributed by atoms with Crippen molar-refractivity contribution in [1.82, 2.24) is 0 Å². The van der Waals surface area contributed by atoms with Crippen LogP contribution in [0, 0.1) is 0 Å². The van der Waals surface area contributed by atoms with Crippen LogP contribution in [0.2, 0.25) is 39.3 Å². The van der Waals surface area contributed by atoms with E-state index in [9.17, 15) is 0 Å². The molecule has 12 heavy (non-hydrogen) atoms. The van der Waals surface area contributed by atoms with Crippen LogP contribution in [0.25, 0.3) is 0 Å². The van der Waals surface area contributed by atoms with Gasteiger partial charge in [0, 0.05) is 0 Å². The summed E-state index contributed by atoms with van der Waals surface area (Å²) in [5, 5.41) is 0. The van der Waals surface area contributed by atoms with Gasteiger partial charge in [-0.2, -0.15) is 0 Å². The summed E-state index contributed by atoms with van der Waals surface area (Å²) >= 11 is 0.750. The van der Waals surface area contributed by atoms with E-state index in [-0.39, 0.29) is 0 Å². The summed E-state index contributed by atoms with van der Waals surface area (Å²) in [6.07, 6.45) is 0. The molecule has 0 heterocycles. The SMILES string of the molecule is C[Si](C)(C)O.C[Si](C)(C)O.[O]=[Ti]. The predicted octanol–water partition coefficient (Wildman–Crippen LogP) is 1.51. The first kappa shape index (κ1) is 18.6. The van der Waals surface area contributed by atoms with Crippen molar-refractivity contribution in [2.45, 2.75) is 39.3 Å². The molecule has 2 N–H and O–H groups in total. The van der Waals surface area contributed by atoms with E-state index in [1.807, 2.05) is 39.3 Å². The molecule has 0 aliphatic heterocycles. The molecule has 74 valence electrons. The number of rotatable bonds is 0. The Balaban J connectivity index is -0.000000112. The fourth-order valence-corrected chi connectivity index (χ4v) is 0. The van der Waals surface area contributed by atoms with E-state index in [1.54, 1.807) is 0 Å². The van der Waals surface area contributed by atoms with Gasteiger partial charge in [0.2, 0.25) is 0 Å². The average Bonchev–Trinajstić information content (AvgIpc) is 1.59. The van der Waals surface area contributed by atoms with Crippen molar-refractivity contribution in [2.75, 3.05) is 0 Å². The van der Waals surface area contributed by atoms with E-state index >= 15 is 0 Å². The van der Waals surface area contributed by atoms with Crippen LogP contribution < -0.4 is 0 Å². The maximum absolute atomic E-state index is 8.66. The Hall–Kier alpha value is 0.868. The molecule has 0 aromatic carbocycles. The molecule has 0 spiro atoms. The fourth-order valence-electron chi connectivity index (χ4n) is 0. The van der Waals surface area contributed by atoms with E-state index in [1.165, 1.54) is 0 Å². The van der Waals surface area contributed by atoms with Gasteiger partial charge in [0.05, 0.1) is 0 Å². The monoisotopic (exact) mass is 244 g/mol. The van der Waals surface area contributed by atoms with Gasteiger partial charge in [-0.1, -0.05) is 0 Å². The summed E-state index contributed by atoms with van der Waals surface area (Å²) in [6.45, 7) is 11.3. The molecule has 6 heteroatoms. The molecule has 3 nitrogen and oxygen atoms in total. The van der Waals surface area contributed by atoms with Crippen molar-refractivity contribution in [1.29, 1.82) is 0 Å². The summed E-state index contributed by atoms with van der Waals surface area (Å²) in [4.78, 5) is 17.3. The van der Waals surface area contributed by atoms with Gasteiger partial charge in [-0.15, -0.1) is 0 Å². The molecule has 0 saturated heterocycles. The van der Waals surface area contributed by atoms with E-state index in [4.69, 9.17) is 12.9 Å². The van der Waals surface area contributed by atoms with Gasteiger partial charge in [0.15, 0.2) is 16.6 Å². The van der Waals surface area contributed by atoms with Gasteiger partial charge in [-0.05, 0) is 39.3 Å². The Morgan fingerprint density at radius 3 is 0.750 bits per heavy atom. The van der Waals surface area contributed by atoms with Crippen LogP contribution in [0.1, 0.15) is 0 Å². The minimum absolute atomic E-state index is 0.750. The van der Waals surface area contributed by atoms with Crippen LogP contribution in [-0.4, -0.2) is 26.2 Å². The van der Waals surface area contributed by atoms with Crippen molar-refractivity contribution in [3.8, 4) is 0 Å². The zero-order chi connectivity index (χ0) is 11.0. The van der Waals surface area contributed by atoms with E-state index in [0.29, 0.717) is 0 Å². The van der Waals surface area contributed by atoms with Crippen molar-refractivity contribution in [2.24, 2.45) is 0 Å². The first-order valence-corrected chi connectivity index (χ1v) is 11.2. The first-order chi connectivity index (χ1) is 5.00.